The van der Waals surface area contributed by atoms with E-state index >= 15 is 0 Å². The third kappa shape index (κ3) is 3.24. The van der Waals surface area contributed by atoms with E-state index in [9.17, 15) is 14.5 Å². The molecule has 1 aromatic carbocycles. The van der Waals surface area contributed by atoms with Crippen molar-refractivity contribution in [2.24, 2.45) is 10.8 Å². The van der Waals surface area contributed by atoms with Gasteiger partial charge < -0.3 is 5.73 Å². The fourth-order valence-corrected chi connectivity index (χ4v) is 1.01. The van der Waals surface area contributed by atoms with E-state index in [4.69, 9.17) is 16.4 Å². The first-order chi connectivity index (χ1) is 8.43. The van der Waals surface area contributed by atoms with Gasteiger partial charge in [0, 0.05) is 6.07 Å². The van der Waals surface area contributed by atoms with Crippen molar-refractivity contribution < 1.29 is 9.31 Å². The third-order valence-corrected chi connectivity index (χ3v) is 1.75. The fourth-order valence-electron chi connectivity index (χ4n) is 1.01. The van der Waals surface area contributed by atoms with Crippen molar-refractivity contribution in [1.82, 2.24) is 0 Å². The zero-order valence-electron chi connectivity index (χ0n) is 8.85. The molecule has 0 saturated carbocycles. The van der Waals surface area contributed by atoms with Crippen LogP contribution in [0.5, 0.6) is 0 Å². The lowest BCUT2D eigenvalue weighted by Crippen LogP contribution is -2.21. The second-order valence-electron chi connectivity index (χ2n) is 3.05. The zero-order chi connectivity index (χ0) is 13.7. The Hall–Kier alpha value is -3.02. The molecule has 0 aliphatic rings. The maximum atomic E-state index is 13.0. The van der Waals surface area contributed by atoms with Crippen molar-refractivity contribution >= 4 is 22.9 Å². The van der Waals surface area contributed by atoms with Gasteiger partial charge >= 0.3 is 0 Å². The van der Waals surface area contributed by atoms with E-state index in [0.29, 0.717) is 0 Å². The minimum Gasteiger partial charge on any atom is -0.382 e. The van der Waals surface area contributed by atoms with E-state index < -0.39 is 28.0 Å². The molecule has 0 amide bonds. The molecule has 92 valence electrons. The Bertz CT molecular complexity index is 577. The molecule has 0 saturated heterocycles. The number of hydrogen-bond donors (Lipinski definition) is 3. The third-order valence-electron chi connectivity index (χ3n) is 1.75. The molecular weight excluding hydrogens is 243 g/mol. The molecule has 4 N–H and O–H groups in total. The van der Waals surface area contributed by atoms with Crippen LogP contribution in [0.3, 0.4) is 0 Å². The average molecular weight is 250 g/mol. The lowest BCUT2D eigenvalue weighted by atomic mass is 10.3. The number of nitro benzene ring substituents is 1. The summed E-state index contributed by atoms with van der Waals surface area (Å²) in [6.45, 7) is 0. The number of amidine groups is 1. The summed E-state index contributed by atoms with van der Waals surface area (Å²) in [7, 11) is 0. The molecule has 0 unspecified atom stereocenters. The number of anilines is 1. The maximum absolute atomic E-state index is 13.0. The number of rotatable bonds is 4. The Kier molecular flexibility index (Phi) is 3.88. The number of hydrazone groups is 1. The SMILES string of the molecule is N#C/C(=N\Nc1cc(F)cc([N+](=O)[O-])c1)C(=N)N. The van der Waals surface area contributed by atoms with E-state index in [1.165, 1.54) is 6.07 Å². The number of non-ortho nitro benzene ring substituents is 1. The molecule has 0 bridgehead atoms. The highest BCUT2D eigenvalue weighted by atomic mass is 19.1. The van der Waals surface area contributed by atoms with Gasteiger partial charge in [-0.2, -0.15) is 10.4 Å². The molecule has 0 aliphatic heterocycles. The van der Waals surface area contributed by atoms with Gasteiger partial charge in [0.15, 0.2) is 5.84 Å². The van der Waals surface area contributed by atoms with Crippen LogP contribution in [0.2, 0.25) is 0 Å². The maximum Gasteiger partial charge on any atom is 0.274 e. The van der Waals surface area contributed by atoms with Crippen LogP contribution in [0.4, 0.5) is 15.8 Å². The van der Waals surface area contributed by atoms with Crippen LogP contribution in [-0.2, 0) is 0 Å². The van der Waals surface area contributed by atoms with Crippen LogP contribution in [0.25, 0.3) is 0 Å². The molecule has 8 nitrogen and oxygen atoms in total. The lowest BCUT2D eigenvalue weighted by molar-refractivity contribution is -0.385. The van der Waals surface area contributed by atoms with Crippen LogP contribution < -0.4 is 11.2 Å². The molecule has 18 heavy (non-hydrogen) atoms. The first-order valence-electron chi connectivity index (χ1n) is 4.47. The number of nitriles is 1. The van der Waals surface area contributed by atoms with Gasteiger partial charge in [0.1, 0.15) is 11.9 Å². The van der Waals surface area contributed by atoms with Crippen molar-refractivity contribution in [3.8, 4) is 6.07 Å². The van der Waals surface area contributed by atoms with Crippen LogP contribution in [0.1, 0.15) is 0 Å². The molecule has 0 aromatic heterocycles. The summed E-state index contributed by atoms with van der Waals surface area (Å²) in [5.41, 5.74) is 6.33. The zero-order valence-corrected chi connectivity index (χ0v) is 8.85. The van der Waals surface area contributed by atoms with E-state index in [1.807, 2.05) is 0 Å². The van der Waals surface area contributed by atoms with E-state index in [0.717, 1.165) is 18.2 Å². The van der Waals surface area contributed by atoms with Crippen molar-refractivity contribution in [1.29, 1.82) is 10.7 Å². The predicted octanol–water partition coefficient (Wildman–Crippen LogP) is 0.961. The molecule has 1 rings (SSSR count). The number of benzene rings is 1. The molecule has 0 spiro atoms. The predicted molar refractivity (Wildman–Crippen MR) is 61.6 cm³/mol. The Labute approximate surface area is 100 Å². The smallest absolute Gasteiger partial charge is 0.274 e. The molecule has 0 heterocycles. The molecule has 0 aliphatic carbocycles. The number of nitrogens with two attached hydrogens (primary N) is 1. The summed E-state index contributed by atoms with van der Waals surface area (Å²) < 4.78 is 13.0. The number of nitrogens with zero attached hydrogens (tertiary/aromatic N) is 3. The van der Waals surface area contributed by atoms with Crippen LogP contribution >= 0.6 is 0 Å². The Balaban J connectivity index is 3.02. The molecule has 1 aromatic rings. The van der Waals surface area contributed by atoms with Crippen LogP contribution in [0.15, 0.2) is 23.3 Å². The number of halogens is 1. The van der Waals surface area contributed by atoms with Crippen molar-refractivity contribution in [2.45, 2.75) is 0 Å². The summed E-state index contributed by atoms with van der Waals surface area (Å²) >= 11 is 0. The summed E-state index contributed by atoms with van der Waals surface area (Å²) in [5, 5.41) is 29.4. The molecular formula is C9H7FN6O2. The number of hydrogen-bond acceptors (Lipinski definition) is 6. The van der Waals surface area contributed by atoms with Crippen LogP contribution in [0, 0.1) is 32.7 Å². The summed E-state index contributed by atoms with van der Waals surface area (Å²) in [4.78, 5) is 9.71. The highest BCUT2D eigenvalue weighted by Crippen LogP contribution is 2.19. The number of nitro groups is 1. The van der Waals surface area contributed by atoms with Crippen LogP contribution in [-0.4, -0.2) is 16.5 Å². The largest absolute Gasteiger partial charge is 0.382 e. The van der Waals surface area contributed by atoms with Gasteiger partial charge in [-0.3, -0.25) is 20.9 Å². The standard InChI is InChI=1S/C9H7FN6O2/c10-5-1-6(3-7(2-5)16(17)18)14-15-8(4-11)9(12)13/h1-3,14H,(H3,12,13)/b15-8+. The van der Waals surface area contributed by atoms with Gasteiger partial charge in [-0.05, 0) is 6.07 Å². The van der Waals surface area contributed by atoms with Crippen molar-refractivity contribution in [3.63, 3.8) is 0 Å². The van der Waals surface area contributed by atoms with E-state index in [2.05, 4.69) is 10.5 Å². The molecule has 9 heteroatoms. The lowest BCUT2D eigenvalue weighted by Gasteiger charge is -2.01. The van der Waals surface area contributed by atoms with Gasteiger partial charge in [-0.1, -0.05) is 0 Å². The highest BCUT2D eigenvalue weighted by Gasteiger charge is 2.10. The minimum absolute atomic E-state index is 0.0318. The first kappa shape index (κ1) is 13.0. The Morgan fingerprint density at radius 2 is 2.28 bits per heavy atom. The number of nitrogens with one attached hydrogen (secondary N) is 2. The van der Waals surface area contributed by atoms with Gasteiger partial charge in [0.05, 0.1) is 16.7 Å². The van der Waals surface area contributed by atoms with Crippen molar-refractivity contribution in [2.75, 3.05) is 5.43 Å². The summed E-state index contributed by atoms with van der Waals surface area (Å²) in [6, 6.07) is 4.25. The second-order valence-corrected chi connectivity index (χ2v) is 3.05. The molecule has 0 radical (unpaired) electrons. The summed E-state index contributed by atoms with van der Waals surface area (Å²) in [5.74, 6) is -1.40. The second kappa shape index (κ2) is 5.35. The fraction of sp³-hybridized carbons (Fsp3) is 0. The van der Waals surface area contributed by atoms with Gasteiger partial charge in [-0.25, -0.2) is 4.39 Å². The Morgan fingerprint density at radius 1 is 1.61 bits per heavy atom. The first-order valence-corrected chi connectivity index (χ1v) is 4.47. The van der Waals surface area contributed by atoms with Gasteiger partial charge in [0.25, 0.3) is 5.69 Å². The topological polar surface area (TPSA) is 141 Å². The highest BCUT2D eigenvalue weighted by molar-refractivity contribution is 6.45. The normalized spacial score (nSPS) is 10.6. The quantitative estimate of drug-likeness (QED) is 0.316. The molecule has 0 fully saturated rings. The van der Waals surface area contributed by atoms with E-state index in [1.54, 1.807) is 0 Å². The monoisotopic (exact) mass is 250 g/mol. The average Bonchev–Trinajstić information content (AvgIpc) is 2.28. The van der Waals surface area contributed by atoms with E-state index in [-0.39, 0.29) is 5.69 Å². The van der Waals surface area contributed by atoms with Gasteiger partial charge in [-0.15, -0.1) is 0 Å². The summed E-state index contributed by atoms with van der Waals surface area (Å²) in [6.07, 6.45) is 0. The minimum atomic E-state index is -0.830. The molecule has 0 atom stereocenters. The Morgan fingerprint density at radius 3 is 2.78 bits per heavy atom. The van der Waals surface area contributed by atoms with Gasteiger partial charge in [0.2, 0.25) is 5.71 Å². The van der Waals surface area contributed by atoms with Crippen molar-refractivity contribution in [3.05, 3.63) is 34.1 Å².